The van der Waals surface area contributed by atoms with E-state index in [1.54, 1.807) is 12.1 Å². The topological polar surface area (TPSA) is 53.0 Å². The van der Waals surface area contributed by atoms with Gasteiger partial charge in [-0.1, -0.05) is 17.7 Å². The lowest BCUT2D eigenvalue weighted by molar-refractivity contribution is 0.0358. The molecule has 2 heterocycles. The van der Waals surface area contributed by atoms with Crippen LogP contribution >= 0.6 is 0 Å². The van der Waals surface area contributed by atoms with Crippen molar-refractivity contribution in [3.8, 4) is 5.75 Å². The van der Waals surface area contributed by atoms with Crippen LogP contribution in [0.4, 0.5) is 5.69 Å². The van der Waals surface area contributed by atoms with Gasteiger partial charge in [-0.3, -0.25) is 4.90 Å². The highest BCUT2D eigenvalue weighted by Gasteiger charge is 2.31. The number of rotatable bonds is 5. The van der Waals surface area contributed by atoms with Gasteiger partial charge >= 0.3 is 5.97 Å². The summed E-state index contributed by atoms with van der Waals surface area (Å²) in [4.78, 5) is 16.8. The maximum atomic E-state index is 11.9. The second kappa shape index (κ2) is 7.61. The van der Waals surface area contributed by atoms with Crippen molar-refractivity contribution >= 4 is 11.7 Å². The second-order valence-electron chi connectivity index (χ2n) is 7.47. The van der Waals surface area contributed by atoms with Crippen LogP contribution in [0, 0.1) is 6.92 Å². The Bertz CT molecular complexity index is 811. The van der Waals surface area contributed by atoms with Crippen LogP contribution < -0.4 is 4.90 Å². The Balaban J connectivity index is 1.25. The molecule has 1 N–H and O–H groups in total. The zero-order chi connectivity index (χ0) is 18.8. The number of phenols is 1. The summed E-state index contributed by atoms with van der Waals surface area (Å²) >= 11 is 0. The van der Waals surface area contributed by atoms with Crippen LogP contribution in [-0.2, 0) is 4.74 Å². The number of benzene rings is 2. The Morgan fingerprint density at radius 3 is 2.56 bits per heavy atom. The van der Waals surface area contributed by atoms with Crippen LogP contribution in [-0.4, -0.2) is 48.7 Å². The van der Waals surface area contributed by atoms with E-state index in [0.717, 1.165) is 51.1 Å². The van der Waals surface area contributed by atoms with Gasteiger partial charge in [-0.2, -0.15) is 0 Å². The Hall–Kier alpha value is -2.53. The van der Waals surface area contributed by atoms with Gasteiger partial charge in [0.2, 0.25) is 0 Å². The quantitative estimate of drug-likeness (QED) is 0.821. The van der Waals surface area contributed by atoms with Gasteiger partial charge in [-0.25, -0.2) is 4.79 Å². The van der Waals surface area contributed by atoms with Crippen molar-refractivity contribution in [1.29, 1.82) is 0 Å². The summed E-state index contributed by atoms with van der Waals surface area (Å²) in [6.45, 7) is 7.30. The van der Waals surface area contributed by atoms with Crippen molar-refractivity contribution in [3.05, 3.63) is 59.2 Å². The molecule has 5 heteroatoms. The summed E-state index contributed by atoms with van der Waals surface area (Å²) in [7, 11) is 0. The normalized spacial score (nSPS) is 19.8. The minimum absolute atomic E-state index is 0.185. The molecule has 27 heavy (non-hydrogen) atoms. The van der Waals surface area contributed by atoms with Crippen molar-refractivity contribution in [2.45, 2.75) is 25.9 Å². The molecule has 5 nitrogen and oxygen atoms in total. The molecule has 142 valence electrons. The van der Waals surface area contributed by atoms with Gasteiger partial charge in [0.1, 0.15) is 11.9 Å². The number of cyclic esters (lactones) is 1. The maximum Gasteiger partial charge on any atom is 0.339 e. The predicted octanol–water partition coefficient (Wildman–Crippen LogP) is 3.51. The molecule has 4 rings (SSSR count). The van der Waals surface area contributed by atoms with E-state index in [1.165, 1.54) is 17.3 Å². The van der Waals surface area contributed by atoms with Crippen LogP contribution in [0.3, 0.4) is 0 Å². The lowest BCUT2D eigenvalue weighted by Crippen LogP contribution is -2.46. The number of ether oxygens (including phenoxy) is 1. The molecule has 0 saturated carbocycles. The van der Waals surface area contributed by atoms with Crippen LogP contribution in [0.25, 0.3) is 0 Å². The summed E-state index contributed by atoms with van der Waals surface area (Å²) in [5, 5.41) is 9.68. The monoisotopic (exact) mass is 366 g/mol. The number of fused-ring (bicyclic) bond motifs is 1. The summed E-state index contributed by atoms with van der Waals surface area (Å²) in [5.74, 6) is -0.0917. The Labute approximate surface area is 160 Å². The van der Waals surface area contributed by atoms with Crippen molar-refractivity contribution in [2.75, 3.05) is 37.6 Å². The smallest absolute Gasteiger partial charge is 0.339 e. The van der Waals surface area contributed by atoms with E-state index in [9.17, 15) is 9.90 Å². The maximum absolute atomic E-state index is 11.9. The summed E-state index contributed by atoms with van der Waals surface area (Å²) in [6.07, 6.45) is 1.53. The summed E-state index contributed by atoms with van der Waals surface area (Å²) in [5.41, 5.74) is 4.00. The van der Waals surface area contributed by atoms with Gasteiger partial charge in [-0.05, 0) is 56.6 Å². The first kappa shape index (κ1) is 17.9. The first-order valence-electron chi connectivity index (χ1n) is 9.68. The molecule has 1 saturated heterocycles. The fraction of sp³-hybridized carbons (Fsp3) is 0.409. The standard InChI is InChI=1S/C22H26N2O3/c1-16-4-6-17(7-5-16)24-13-11-23(12-14-24)10-2-3-21-20-15-18(25)8-9-19(20)22(26)27-21/h4-9,15,21,25H,2-3,10-14H2,1H3. The van der Waals surface area contributed by atoms with E-state index in [0.29, 0.717) is 5.56 Å². The van der Waals surface area contributed by atoms with Crippen LogP contribution in [0.5, 0.6) is 5.75 Å². The number of anilines is 1. The summed E-state index contributed by atoms with van der Waals surface area (Å²) < 4.78 is 5.48. The Morgan fingerprint density at radius 1 is 1.07 bits per heavy atom. The third kappa shape index (κ3) is 3.93. The van der Waals surface area contributed by atoms with Crippen molar-refractivity contribution in [1.82, 2.24) is 4.90 Å². The molecule has 1 atom stereocenters. The fourth-order valence-corrected chi connectivity index (χ4v) is 3.96. The molecular formula is C22H26N2O3. The zero-order valence-electron chi connectivity index (χ0n) is 15.7. The molecule has 1 fully saturated rings. The fourth-order valence-electron chi connectivity index (χ4n) is 3.96. The number of nitrogens with zero attached hydrogens (tertiary/aromatic N) is 2. The number of hydrogen-bond acceptors (Lipinski definition) is 5. The van der Waals surface area contributed by atoms with E-state index in [-0.39, 0.29) is 17.8 Å². The van der Waals surface area contributed by atoms with E-state index < -0.39 is 0 Å². The van der Waals surface area contributed by atoms with Crippen molar-refractivity contribution < 1.29 is 14.6 Å². The number of aryl methyl sites for hydroxylation is 1. The third-order valence-electron chi connectivity index (χ3n) is 5.56. The van der Waals surface area contributed by atoms with Gasteiger partial charge < -0.3 is 14.7 Å². The minimum Gasteiger partial charge on any atom is -0.508 e. The molecular weight excluding hydrogens is 340 g/mol. The second-order valence-corrected chi connectivity index (χ2v) is 7.47. The molecule has 2 aliphatic rings. The van der Waals surface area contributed by atoms with Gasteiger partial charge in [0, 0.05) is 37.4 Å². The number of carbonyl (C=O) groups is 1. The molecule has 0 spiro atoms. The molecule has 0 aromatic heterocycles. The van der Waals surface area contributed by atoms with Crippen LogP contribution in [0.1, 0.15) is 40.4 Å². The Kier molecular flexibility index (Phi) is 5.03. The van der Waals surface area contributed by atoms with Crippen molar-refractivity contribution in [2.24, 2.45) is 0 Å². The van der Waals surface area contributed by atoms with Gasteiger partial charge in [0.05, 0.1) is 5.56 Å². The molecule has 2 aromatic rings. The number of hydrogen-bond donors (Lipinski definition) is 1. The number of phenolic OH excluding ortho intramolecular Hbond substituents is 1. The van der Waals surface area contributed by atoms with E-state index >= 15 is 0 Å². The lowest BCUT2D eigenvalue weighted by Gasteiger charge is -2.36. The average Bonchev–Trinajstić information content (AvgIpc) is 2.98. The molecule has 2 aromatic carbocycles. The number of esters is 1. The van der Waals surface area contributed by atoms with Crippen LogP contribution in [0.2, 0.25) is 0 Å². The third-order valence-corrected chi connectivity index (χ3v) is 5.56. The SMILES string of the molecule is Cc1ccc(N2CCN(CCCC3OC(=O)c4ccc(O)cc43)CC2)cc1. The summed E-state index contributed by atoms with van der Waals surface area (Å²) in [6, 6.07) is 13.6. The van der Waals surface area contributed by atoms with E-state index in [2.05, 4.69) is 41.0 Å². The van der Waals surface area contributed by atoms with Crippen LogP contribution in [0.15, 0.2) is 42.5 Å². The molecule has 2 aliphatic heterocycles. The molecule has 0 aliphatic carbocycles. The molecule has 0 amide bonds. The number of piperazine rings is 1. The zero-order valence-corrected chi connectivity index (χ0v) is 15.7. The first-order chi connectivity index (χ1) is 13.1. The molecule has 0 bridgehead atoms. The molecule has 0 radical (unpaired) electrons. The van der Waals surface area contributed by atoms with Gasteiger partial charge in [0.25, 0.3) is 0 Å². The largest absolute Gasteiger partial charge is 0.508 e. The molecule has 1 unspecified atom stereocenters. The van der Waals surface area contributed by atoms with Gasteiger partial charge in [-0.15, -0.1) is 0 Å². The number of aromatic hydroxyl groups is 1. The van der Waals surface area contributed by atoms with E-state index in [1.807, 2.05) is 0 Å². The highest BCUT2D eigenvalue weighted by molar-refractivity contribution is 5.94. The van der Waals surface area contributed by atoms with Crippen molar-refractivity contribution in [3.63, 3.8) is 0 Å². The number of carbonyl (C=O) groups excluding carboxylic acids is 1. The highest BCUT2D eigenvalue weighted by atomic mass is 16.5. The van der Waals surface area contributed by atoms with E-state index in [4.69, 9.17) is 4.74 Å². The highest BCUT2D eigenvalue weighted by Crippen LogP contribution is 2.35. The van der Waals surface area contributed by atoms with Gasteiger partial charge in [0.15, 0.2) is 0 Å². The first-order valence-corrected chi connectivity index (χ1v) is 9.68. The predicted molar refractivity (Wildman–Crippen MR) is 105 cm³/mol. The minimum atomic E-state index is -0.276. The average molecular weight is 366 g/mol. The Morgan fingerprint density at radius 2 is 1.81 bits per heavy atom. The lowest BCUT2D eigenvalue weighted by atomic mass is 10.0.